The van der Waals surface area contributed by atoms with E-state index >= 15 is 0 Å². The second-order valence-corrected chi connectivity index (χ2v) is 8.53. The number of hydrogen-bond donors (Lipinski definition) is 3. The minimum Gasteiger partial charge on any atom is -0.307 e. The minimum absolute atomic E-state index is 0.00412. The van der Waals surface area contributed by atoms with E-state index in [4.69, 9.17) is 0 Å². The van der Waals surface area contributed by atoms with Crippen molar-refractivity contribution in [3.8, 4) is 0 Å². The molecule has 9 heteroatoms. The van der Waals surface area contributed by atoms with Gasteiger partial charge in [0.1, 0.15) is 0 Å². The lowest BCUT2D eigenvalue weighted by Crippen LogP contribution is -2.50. The first-order chi connectivity index (χ1) is 11.7. The zero-order valence-electron chi connectivity index (χ0n) is 14.3. The largest absolute Gasteiger partial charge is 0.326 e. The van der Waals surface area contributed by atoms with Crippen LogP contribution >= 0.6 is 0 Å². The summed E-state index contributed by atoms with van der Waals surface area (Å²) in [4.78, 5) is 29.8. The summed E-state index contributed by atoms with van der Waals surface area (Å²) in [5, 5.41) is 0.130. The van der Waals surface area contributed by atoms with Gasteiger partial charge in [-0.15, -0.1) is 0 Å². The van der Waals surface area contributed by atoms with E-state index in [1.807, 2.05) is 14.1 Å². The average molecular weight is 366 g/mol. The van der Waals surface area contributed by atoms with Crippen molar-refractivity contribution in [2.45, 2.75) is 36.1 Å². The van der Waals surface area contributed by atoms with Gasteiger partial charge < -0.3 is 9.88 Å². The molecule has 0 unspecified atom stereocenters. The molecule has 0 aliphatic heterocycles. The lowest BCUT2D eigenvalue weighted by molar-refractivity contribution is 0.162. The van der Waals surface area contributed by atoms with E-state index in [1.54, 1.807) is 0 Å². The van der Waals surface area contributed by atoms with Gasteiger partial charge in [-0.1, -0.05) is 12.8 Å². The zero-order valence-corrected chi connectivity index (χ0v) is 15.1. The average Bonchev–Trinajstić information content (AvgIpc) is 3.03. The lowest BCUT2D eigenvalue weighted by Gasteiger charge is -2.36. The van der Waals surface area contributed by atoms with Crippen LogP contribution in [-0.2, 0) is 10.0 Å². The van der Waals surface area contributed by atoms with Gasteiger partial charge in [-0.25, -0.2) is 17.9 Å². The number of fused-ring (bicyclic) bond motifs is 1. The first-order valence-electron chi connectivity index (χ1n) is 8.17. The first-order valence-corrected chi connectivity index (χ1v) is 9.65. The van der Waals surface area contributed by atoms with Crippen LogP contribution in [0, 0.1) is 0 Å². The van der Waals surface area contributed by atoms with Gasteiger partial charge in [0.25, 0.3) is 5.56 Å². The highest BCUT2D eigenvalue weighted by molar-refractivity contribution is 7.89. The summed E-state index contributed by atoms with van der Waals surface area (Å²) < 4.78 is 28.0. The molecule has 1 aliphatic carbocycles. The molecular weight excluding hydrogens is 344 g/mol. The van der Waals surface area contributed by atoms with Crippen LogP contribution in [0.2, 0.25) is 0 Å². The van der Waals surface area contributed by atoms with Crippen LogP contribution < -0.4 is 16.0 Å². The summed E-state index contributed by atoms with van der Waals surface area (Å²) in [5.74, 6) is 0. The number of hydrogen-bond acceptors (Lipinski definition) is 5. The molecule has 0 radical (unpaired) electrons. The predicted octanol–water partition coefficient (Wildman–Crippen LogP) is 0.369. The SMILES string of the molecule is CN(C)C1(CNS(=O)(=O)c2ccc3[nH]c(=O)[nH]c(=O)c3c2)CCCC1. The molecule has 0 amide bonds. The number of likely N-dealkylation sites (N-methyl/N-ethyl adjacent to an activating group) is 1. The highest BCUT2D eigenvalue weighted by Gasteiger charge is 2.37. The zero-order chi connectivity index (χ0) is 18.2. The molecule has 0 bridgehead atoms. The third-order valence-corrected chi connectivity index (χ3v) is 6.49. The minimum atomic E-state index is -3.76. The smallest absolute Gasteiger partial charge is 0.307 e. The van der Waals surface area contributed by atoms with E-state index in [0.29, 0.717) is 12.1 Å². The Balaban J connectivity index is 1.91. The number of benzene rings is 1. The molecule has 1 aromatic carbocycles. The summed E-state index contributed by atoms with van der Waals surface area (Å²) in [7, 11) is 0.168. The molecule has 3 N–H and O–H groups in total. The summed E-state index contributed by atoms with van der Waals surface area (Å²) in [6.45, 7) is 0.322. The molecule has 2 aromatic rings. The van der Waals surface area contributed by atoms with Crippen molar-refractivity contribution < 1.29 is 8.42 Å². The molecule has 1 saturated carbocycles. The van der Waals surface area contributed by atoms with E-state index in [9.17, 15) is 18.0 Å². The van der Waals surface area contributed by atoms with E-state index in [2.05, 4.69) is 19.6 Å². The topological polar surface area (TPSA) is 115 Å². The molecule has 8 nitrogen and oxygen atoms in total. The molecule has 0 saturated heterocycles. The molecule has 0 spiro atoms. The monoisotopic (exact) mass is 366 g/mol. The van der Waals surface area contributed by atoms with Crippen LogP contribution in [0.3, 0.4) is 0 Å². The van der Waals surface area contributed by atoms with Crippen LogP contribution in [-0.4, -0.2) is 49.5 Å². The molecule has 0 atom stereocenters. The Morgan fingerprint density at radius 2 is 1.84 bits per heavy atom. The summed E-state index contributed by atoms with van der Waals surface area (Å²) >= 11 is 0. The maximum absolute atomic E-state index is 12.7. The lowest BCUT2D eigenvalue weighted by atomic mass is 9.97. The van der Waals surface area contributed by atoms with Gasteiger partial charge in [0.05, 0.1) is 15.8 Å². The van der Waals surface area contributed by atoms with Gasteiger partial charge >= 0.3 is 5.69 Å². The Morgan fingerprint density at radius 1 is 1.16 bits per heavy atom. The number of nitrogens with one attached hydrogen (secondary N) is 3. The fourth-order valence-corrected chi connectivity index (χ4v) is 4.58. The number of nitrogens with zero attached hydrogens (tertiary/aromatic N) is 1. The fourth-order valence-electron chi connectivity index (χ4n) is 3.44. The highest BCUT2D eigenvalue weighted by atomic mass is 32.2. The van der Waals surface area contributed by atoms with E-state index in [0.717, 1.165) is 25.7 Å². The van der Waals surface area contributed by atoms with Crippen molar-refractivity contribution in [2.24, 2.45) is 0 Å². The van der Waals surface area contributed by atoms with Crippen molar-refractivity contribution in [1.29, 1.82) is 0 Å². The number of aromatic amines is 2. The molecule has 3 rings (SSSR count). The van der Waals surface area contributed by atoms with Gasteiger partial charge in [-0.2, -0.15) is 0 Å². The fraction of sp³-hybridized carbons (Fsp3) is 0.500. The molecule has 1 heterocycles. The van der Waals surface area contributed by atoms with Crippen LogP contribution in [0.25, 0.3) is 10.9 Å². The van der Waals surface area contributed by atoms with E-state index in [1.165, 1.54) is 18.2 Å². The number of rotatable bonds is 5. The molecule has 1 aromatic heterocycles. The normalized spacial score (nSPS) is 17.4. The predicted molar refractivity (Wildman–Crippen MR) is 95.3 cm³/mol. The van der Waals surface area contributed by atoms with Crippen molar-refractivity contribution >= 4 is 20.9 Å². The van der Waals surface area contributed by atoms with Crippen molar-refractivity contribution in [2.75, 3.05) is 20.6 Å². The third-order valence-electron chi connectivity index (χ3n) is 5.10. The van der Waals surface area contributed by atoms with Gasteiger partial charge in [-0.05, 0) is 45.1 Å². The van der Waals surface area contributed by atoms with E-state index in [-0.39, 0.29) is 15.8 Å². The maximum Gasteiger partial charge on any atom is 0.326 e. The second-order valence-electron chi connectivity index (χ2n) is 6.77. The standard InChI is InChI=1S/C16H22N4O4S/c1-20(2)16(7-3-4-8-16)10-17-25(23,24)11-5-6-13-12(9-11)14(21)19-15(22)18-13/h5-6,9,17H,3-4,7-8,10H2,1-2H3,(H2,18,19,21,22). The summed E-state index contributed by atoms with van der Waals surface area (Å²) in [6.07, 6.45) is 4.06. The number of sulfonamides is 1. The van der Waals surface area contributed by atoms with Crippen LogP contribution in [0.15, 0.2) is 32.7 Å². The highest BCUT2D eigenvalue weighted by Crippen LogP contribution is 2.33. The Morgan fingerprint density at radius 3 is 2.48 bits per heavy atom. The Bertz CT molecular complexity index is 1000. The molecule has 1 fully saturated rings. The van der Waals surface area contributed by atoms with E-state index < -0.39 is 21.3 Å². The van der Waals surface area contributed by atoms with Crippen LogP contribution in [0.4, 0.5) is 0 Å². The van der Waals surface area contributed by atoms with Gasteiger partial charge in [-0.3, -0.25) is 9.78 Å². The molecule has 25 heavy (non-hydrogen) atoms. The molecule has 1 aliphatic rings. The van der Waals surface area contributed by atoms with Gasteiger partial charge in [0.2, 0.25) is 10.0 Å². The van der Waals surface area contributed by atoms with Crippen LogP contribution in [0.5, 0.6) is 0 Å². The molecule has 136 valence electrons. The van der Waals surface area contributed by atoms with Crippen molar-refractivity contribution in [3.63, 3.8) is 0 Å². The Labute approximate surface area is 145 Å². The van der Waals surface area contributed by atoms with Crippen LogP contribution in [0.1, 0.15) is 25.7 Å². The first kappa shape index (κ1) is 17.8. The Kier molecular flexibility index (Phi) is 4.56. The van der Waals surface area contributed by atoms with Crippen molar-refractivity contribution in [3.05, 3.63) is 39.0 Å². The third kappa shape index (κ3) is 3.39. The number of aromatic nitrogens is 2. The van der Waals surface area contributed by atoms with Crippen molar-refractivity contribution in [1.82, 2.24) is 19.6 Å². The van der Waals surface area contributed by atoms with Gasteiger partial charge in [0.15, 0.2) is 0 Å². The maximum atomic E-state index is 12.7. The quantitative estimate of drug-likeness (QED) is 0.707. The summed E-state index contributed by atoms with van der Waals surface area (Å²) in [5.41, 5.74) is -1.11. The second kappa shape index (κ2) is 6.40. The molecular formula is C16H22N4O4S. The Hall–Kier alpha value is -1.97. The van der Waals surface area contributed by atoms with Gasteiger partial charge in [0, 0.05) is 12.1 Å². The summed E-state index contributed by atoms with van der Waals surface area (Å²) in [6, 6.07) is 4.10. The number of H-pyrrole nitrogens is 2.